The van der Waals surface area contributed by atoms with E-state index >= 15 is 0 Å². The molecule has 0 radical (unpaired) electrons. The van der Waals surface area contributed by atoms with Crippen LogP contribution in [0.4, 0.5) is 0 Å². The molecule has 0 aliphatic carbocycles. The summed E-state index contributed by atoms with van der Waals surface area (Å²) in [6, 6.07) is 0. The fraction of sp³-hybridized carbons (Fsp3) is 1.00. The van der Waals surface area contributed by atoms with Gasteiger partial charge < -0.3 is 11.5 Å². The minimum atomic E-state index is -0.183. The van der Waals surface area contributed by atoms with Crippen LogP contribution >= 0.6 is 0 Å². The van der Waals surface area contributed by atoms with Crippen LogP contribution in [0.5, 0.6) is 0 Å². The van der Waals surface area contributed by atoms with Gasteiger partial charge in [0, 0.05) is 0 Å². The molecule has 0 bridgehead atoms. The van der Waals surface area contributed by atoms with Crippen molar-refractivity contribution in [2.75, 3.05) is 0 Å². The van der Waals surface area contributed by atoms with Crippen molar-refractivity contribution in [1.82, 2.24) is 0 Å². The standard InChI is InChI=1S/C7H18N2/c1-4-5-7(2,3)6(8)9/h6H,4-5,8-9H2,1-3H3. The third-order valence-electron chi connectivity index (χ3n) is 1.80. The first-order chi connectivity index (χ1) is 4.00. The fourth-order valence-electron chi connectivity index (χ4n) is 0.811. The molecule has 2 heteroatoms. The van der Waals surface area contributed by atoms with Gasteiger partial charge in [-0.3, -0.25) is 0 Å². The summed E-state index contributed by atoms with van der Waals surface area (Å²) in [4.78, 5) is 0. The highest BCUT2D eigenvalue weighted by molar-refractivity contribution is 4.75. The van der Waals surface area contributed by atoms with E-state index < -0.39 is 0 Å². The second-order valence-electron chi connectivity index (χ2n) is 3.26. The highest BCUT2D eigenvalue weighted by Crippen LogP contribution is 2.22. The van der Waals surface area contributed by atoms with Crippen LogP contribution in [0.25, 0.3) is 0 Å². The van der Waals surface area contributed by atoms with Crippen LogP contribution in [0.3, 0.4) is 0 Å². The molecular formula is C7H18N2. The molecule has 0 aromatic carbocycles. The van der Waals surface area contributed by atoms with E-state index in [1.807, 2.05) is 0 Å². The summed E-state index contributed by atoms with van der Waals surface area (Å²) in [6.07, 6.45) is 2.07. The van der Waals surface area contributed by atoms with Gasteiger partial charge in [-0.25, -0.2) is 0 Å². The lowest BCUT2D eigenvalue weighted by Crippen LogP contribution is -2.44. The first-order valence-corrected chi connectivity index (χ1v) is 3.52. The fourth-order valence-corrected chi connectivity index (χ4v) is 0.811. The van der Waals surface area contributed by atoms with Crippen LogP contribution < -0.4 is 11.5 Å². The average Bonchev–Trinajstić information content (AvgIpc) is 1.65. The third-order valence-corrected chi connectivity index (χ3v) is 1.80. The van der Waals surface area contributed by atoms with E-state index in [-0.39, 0.29) is 11.6 Å². The van der Waals surface area contributed by atoms with Gasteiger partial charge in [0.05, 0.1) is 6.17 Å². The monoisotopic (exact) mass is 130 g/mol. The lowest BCUT2D eigenvalue weighted by molar-refractivity contribution is 0.265. The highest BCUT2D eigenvalue weighted by Gasteiger charge is 2.21. The van der Waals surface area contributed by atoms with E-state index in [1.54, 1.807) is 0 Å². The predicted octanol–water partition coefficient (Wildman–Crippen LogP) is 1.06. The summed E-state index contributed by atoms with van der Waals surface area (Å²) in [5.74, 6) is 0. The molecule has 0 heterocycles. The third kappa shape index (κ3) is 2.82. The maximum Gasteiger partial charge on any atom is 0.0573 e. The molecule has 0 aromatic rings. The van der Waals surface area contributed by atoms with Crippen molar-refractivity contribution in [3.63, 3.8) is 0 Å². The van der Waals surface area contributed by atoms with E-state index in [0.717, 1.165) is 12.8 Å². The molecule has 0 spiro atoms. The van der Waals surface area contributed by atoms with E-state index in [4.69, 9.17) is 11.5 Å². The van der Waals surface area contributed by atoms with Gasteiger partial charge in [0.1, 0.15) is 0 Å². The summed E-state index contributed by atoms with van der Waals surface area (Å²) in [7, 11) is 0. The maximum atomic E-state index is 5.53. The Labute approximate surface area is 57.6 Å². The summed E-state index contributed by atoms with van der Waals surface area (Å²) in [5, 5.41) is 0. The quantitative estimate of drug-likeness (QED) is 0.561. The Morgan fingerprint density at radius 1 is 1.33 bits per heavy atom. The topological polar surface area (TPSA) is 52.0 Å². The molecular weight excluding hydrogens is 112 g/mol. The Bertz CT molecular complexity index is 77.0. The second-order valence-corrected chi connectivity index (χ2v) is 3.26. The normalized spacial score (nSPS) is 12.7. The van der Waals surface area contributed by atoms with E-state index in [9.17, 15) is 0 Å². The van der Waals surface area contributed by atoms with Gasteiger partial charge in [0.25, 0.3) is 0 Å². The van der Waals surface area contributed by atoms with Crippen molar-refractivity contribution in [3.05, 3.63) is 0 Å². The molecule has 0 unspecified atom stereocenters. The maximum absolute atomic E-state index is 5.53. The lowest BCUT2D eigenvalue weighted by atomic mass is 9.85. The molecule has 0 aromatic heterocycles. The molecule has 4 N–H and O–H groups in total. The molecule has 2 nitrogen and oxygen atoms in total. The van der Waals surface area contributed by atoms with Crippen LogP contribution in [-0.2, 0) is 0 Å². The molecule has 9 heavy (non-hydrogen) atoms. The Kier molecular flexibility index (Phi) is 3.15. The Morgan fingerprint density at radius 3 is 1.89 bits per heavy atom. The van der Waals surface area contributed by atoms with Gasteiger partial charge in [-0.15, -0.1) is 0 Å². The van der Waals surface area contributed by atoms with Crippen molar-refractivity contribution in [3.8, 4) is 0 Å². The first-order valence-electron chi connectivity index (χ1n) is 3.52. The molecule has 0 rings (SSSR count). The van der Waals surface area contributed by atoms with Gasteiger partial charge in [-0.1, -0.05) is 27.2 Å². The van der Waals surface area contributed by atoms with E-state index in [1.165, 1.54) is 0 Å². The van der Waals surface area contributed by atoms with Crippen LogP contribution in [0.1, 0.15) is 33.6 Å². The molecule has 0 aliphatic heterocycles. The van der Waals surface area contributed by atoms with Crippen LogP contribution in [0.2, 0.25) is 0 Å². The zero-order chi connectivity index (χ0) is 7.49. The Hall–Kier alpha value is -0.0800. The smallest absolute Gasteiger partial charge is 0.0573 e. The van der Waals surface area contributed by atoms with Crippen molar-refractivity contribution < 1.29 is 0 Å². The van der Waals surface area contributed by atoms with Gasteiger partial charge in [-0.05, 0) is 11.8 Å². The number of rotatable bonds is 3. The van der Waals surface area contributed by atoms with Gasteiger partial charge in [-0.2, -0.15) is 0 Å². The number of hydrogen-bond donors (Lipinski definition) is 2. The summed E-state index contributed by atoms with van der Waals surface area (Å²) in [5.41, 5.74) is 11.2. The Balaban J connectivity index is 3.70. The van der Waals surface area contributed by atoms with Crippen molar-refractivity contribution >= 4 is 0 Å². The zero-order valence-corrected chi connectivity index (χ0v) is 6.65. The SMILES string of the molecule is CCCC(C)(C)C(N)N. The molecule has 0 atom stereocenters. The van der Waals surface area contributed by atoms with Gasteiger partial charge in [0.15, 0.2) is 0 Å². The highest BCUT2D eigenvalue weighted by atomic mass is 14.9. The molecule has 0 saturated carbocycles. The van der Waals surface area contributed by atoms with Gasteiger partial charge in [0.2, 0.25) is 0 Å². The largest absolute Gasteiger partial charge is 0.316 e. The van der Waals surface area contributed by atoms with E-state index in [2.05, 4.69) is 20.8 Å². The molecule has 56 valence electrons. The number of hydrogen-bond acceptors (Lipinski definition) is 2. The average molecular weight is 130 g/mol. The molecule has 0 fully saturated rings. The minimum Gasteiger partial charge on any atom is -0.316 e. The molecule has 0 amide bonds. The predicted molar refractivity (Wildman–Crippen MR) is 40.9 cm³/mol. The van der Waals surface area contributed by atoms with Crippen molar-refractivity contribution in [1.29, 1.82) is 0 Å². The van der Waals surface area contributed by atoms with Crippen molar-refractivity contribution in [2.45, 2.75) is 39.8 Å². The zero-order valence-electron chi connectivity index (χ0n) is 6.65. The summed E-state index contributed by atoms with van der Waals surface area (Å²) < 4.78 is 0. The lowest BCUT2D eigenvalue weighted by Gasteiger charge is -2.27. The van der Waals surface area contributed by atoms with Gasteiger partial charge >= 0.3 is 0 Å². The number of nitrogens with two attached hydrogens (primary N) is 2. The second kappa shape index (κ2) is 3.18. The van der Waals surface area contributed by atoms with Crippen LogP contribution in [0.15, 0.2) is 0 Å². The molecule has 0 aliphatic rings. The molecule has 0 saturated heterocycles. The minimum absolute atomic E-state index is 0.106. The van der Waals surface area contributed by atoms with E-state index in [0.29, 0.717) is 0 Å². The summed E-state index contributed by atoms with van der Waals surface area (Å²) >= 11 is 0. The van der Waals surface area contributed by atoms with Crippen LogP contribution in [0, 0.1) is 5.41 Å². The Morgan fingerprint density at radius 2 is 1.78 bits per heavy atom. The van der Waals surface area contributed by atoms with Crippen molar-refractivity contribution in [2.24, 2.45) is 16.9 Å². The summed E-state index contributed by atoms with van der Waals surface area (Å²) in [6.45, 7) is 6.34. The first kappa shape index (κ1) is 8.92. The van der Waals surface area contributed by atoms with Crippen LogP contribution in [-0.4, -0.2) is 6.17 Å².